The molecular weight excluding hydrogens is 330 g/mol. The van der Waals surface area contributed by atoms with Crippen molar-refractivity contribution in [1.82, 2.24) is 16.2 Å². The zero-order valence-corrected chi connectivity index (χ0v) is 16.4. The summed E-state index contributed by atoms with van der Waals surface area (Å²) in [6, 6.07) is 8.74. The number of thiocarbonyl (C=S) groups is 1. The molecule has 0 radical (unpaired) electrons. The second-order valence-corrected chi connectivity index (χ2v) is 7.89. The van der Waals surface area contributed by atoms with Crippen LogP contribution in [-0.2, 0) is 11.2 Å². The molecule has 1 atom stereocenters. The molecule has 0 aromatic heterocycles. The highest BCUT2D eigenvalue weighted by Crippen LogP contribution is 2.18. The van der Waals surface area contributed by atoms with Crippen LogP contribution in [0.5, 0.6) is 0 Å². The van der Waals surface area contributed by atoms with E-state index in [1.807, 2.05) is 19.1 Å². The van der Waals surface area contributed by atoms with Gasteiger partial charge in [-0.1, -0.05) is 57.4 Å². The van der Waals surface area contributed by atoms with Gasteiger partial charge in [0.25, 0.3) is 0 Å². The normalized spacial score (nSPS) is 16.3. The second-order valence-electron chi connectivity index (χ2n) is 7.48. The minimum atomic E-state index is -0.224. The van der Waals surface area contributed by atoms with Crippen LogP contribution in [0, 0.1) is 5.92 Å². The van der Waals surface area contributed by atoms with Crippen LogP contribution >= 0.6 is 12.2 Å². The molecule has 1 amide bonds. The molecule has 1 fully saturated rings. The van der Waals surface area contributed by atoms with Gasteiger partial charge in [-0.2, -0.15) is 0 Å². The lowest BCUT2D eigenvalue weighted by Gasteiger charge is -2.24. The molecule has 1 aromatic carbocycles. The first-order chi connectivity index (χ1) is 12.0. The Labute approximate surface area is 157 Å². The molecule has 1 unspecified atom stereocenters. The van der Waals surface area contributed by atoms with Crippen molar-refractivity contribution in [3.63, 3.8) is 0 Å². The molecule has 0 saturated heterocycles. The maximum Gasteiger partial charge on any atom is 0.245 e. The van der Waals surface area contributed by atoms with Gasteiger partial charge in [0.05, 0.1) is 5.92 Å². The third kappa shape index (κ3) is 6.65. The van der Waals surface area contributed by atoms with Crippen molar-refractivity contribution in [3.05, 3.63) is 35.4 Å². The molecule has 5 heteroatoms. The van der Waals surface area contributed by atoms with Gasteiger partial charge >= 0.3 is 0 Å². The average Bonchev–Trinajstić information content (AvgIpc) is 2.60. The maximum atomic E-state index is 12.3. The summed E-state index contributed by atoms with van der Waals surface area (Å²) < 4.78 is 0. The SMILES string of the molecule is CC(C)Cc1ccc(C(C)C(=O)NNC(=S)NC2CCCCC2)cc1. The van der Waals surface area contributed by atoms with Crippen molar-refractivity contribution < 1.29 is 4.79 Å². The van der Waals surface area contributed by atoms with Crippen LogP contribution in [0.1, 0.15) is 69.9 Å². The fourth-order valence-electron chi connectivity index (χ4n) is 3.26. The third-order valence-corrected chi connectivity index (χ3v) is 4.98. The Morgan fingerprint density at radius 1 is 1.08 bits per heavy atom. The fraction of sp³-hybridized carbons (Fsp3) is 0.600. The molecule has 138 valence electrons. The molecule has 1 aliphatic carbocycles. The van der Waals surface area contributed by atoms with Crippen LogP contribution in [0.2, 0.25) is 0 Å². The van der Waals surface area contributed by atoms with E-state index in [1.54, 1.807) is 0 Å². The minimum Gasteiger partial charge on any atom is -0.359 e. The lowest BCUT2D eigenvalue weighted by atomic mass is 9.96. The van der Waals surface area contributed by atoms with E-state index in [0.29, 0.717) is 17.1 Å². The molecule has 4 nitrogen and oxygen atoms in total. The molecule has 1 saturated carbocycles. The lowest BCUT2D eigenvalue weighted by molar-refractivity contribution is -0.122. The summed E-state index contributed by atoms with van der Waals surface area (Å²) in [4.78, 5) is 12.3. The first kappa shape index (κ1) is 19.7. The topological polar surface area (TPSA) is 53.2 Å². The lowest BCUT2D eigenvalue weighted by Crippen LogP contribution is -2.50. The largest absolute Gasteiger partial charge is 0.359 e. The predicted octanol–water partition coefficient (Wildman–Crippen LogP) is 3.82. The minimum absolute atomic E-state index is 0.0793. The first-order valence-electron chi connectivity index (χ1n) is 9.41. The third-order valence-electron chi connectivity index (χ3n) is 4.76. The fourth-order valence-corrected chi connectivity index (χ4v) is 3.48. The molecule has 0 heterocycles. The van der Waals surface area contributed by atoms with E-state index in [1.165, 1.54) is 24.8 Å². The van der Waals surface area contributed by atoms with E-state index in [4.69, 9.17) is 12.2 Å². The van der Waals surface area contributed by atoms with E-state index < -0.39 is 0 Å². The summed E-state index contributed by atoms with van der Waals surface area (Å²) in [6.07, 6.45) is 7.16. The van der Waals surface area contributed by atoms with Crippen molar-refractivity contribution >= 4 is 23.2 Å². The van der Waals surface area contributed by atoms with Gasteiger partial charge < -0.3 is 5.32 Å². The van der Waals surface area contributed by atoms with Crippen molar-refractivity contribution in [2.75, 3.05) is 0 Å². The van der Waals surface area contributed by atoms with Gasteiger partial charge in [0.2, 0.25) is 5.91 Å². The first-order valence-corrected chi connectivity index (χ1v) is 9.81. The number of carbonyl (C=O) groups is 1. The van der Waals surface area contributed by atoms with Crippen molar-refractivity contribution in [2.45, 2.75) is 71.3 Å². The molecule has 1 aromatic rings. The number of amides is 1. The van der Waals surface area contributed by atoms with Crippen LogP contribution in [-0.4, -0.2) is 17.1 Å². The van der Waals surface area contributed by atoms with E-state index >= 15 is 0 Å². The molecule has 0 spiro atoms. The summed E-state index contributed by atoms with van der Waals surface area (Å²) in [7, 11) is 0. The molecule has 0 bridgehead atoms. The summed E-state index contributed by atoms with van der Waals surface area (Å²) >= 11 is 5.28. The number of benzene rings is 1. The summed E-state index contributed by atoms with van der Waals surface area (Å²) in [5.74, 6) is 0.330. The average molecular weight is 362 g/mol. The zero-order valence-electron chi connectivity index (χ0n) is 15.6. The standard InChI is InChI=1S/C20H31N3OS/c1-14(2)13-16-9-11-17(12-10-16)15(3)19(24)22-23-20(25)21-18-7-5-4-6-8-18/h9-12,14-15,18H,4-8,13H2,1-3H3,(H,22,24)(H2,21,23,25). The predicted molar refractivity (Wildman–Crippen MR) is 107 cm³/mol. The Kier molecular flexibility index (Phi) is 7.69. The van der Waals surface area contributed by atoms with E-state index in [0.717, 1.165) is 24.8 Å². The Hall–Kier alpha value is -1.62. The number of hydrogen-bond acceptors (Lipinski definition) is 2. The number of nitrogens with one attached hydrogen (secondary N) is 3. The highest BCUT2D eigenvalue weighted by Gasteiger charge is 2.17. The molecule has 3 N–H and O–H groups in total. The monoisotopic (exact) mass is 361 g/mol. The van der Waals surface area contributed by atoms with Crippen LogP contribution < -0.4 is 16.2 Å². The Balaban J connectivity index is 1.78. The van der Waals surface area contributed by atoms with E-state index in [-0.39, 0.29) is 11.8 Å². The van der Waals surface area contributed by atoms with Crippen molar-refractivity contribution in [2.24, 2.45) is 5.92 Å². The van der Waals surface area contributed by atoms with Crippen LogP contribution in [0.15, 0.2) is 24.3 Å². The highest BCUT2D eigenvalue weighted by atomic mass is 32.1. The molecule has 1 aliphatic rings. The Morgan fingerprint density at radius 2 is 1.72 bits per heavy atom. The van der Waals surface area contributed by atoms with Gasteiger partial charge in [-0.15, -0.1) is 0 Å². The van der Waals surface area contributed by atoms with E-state index in [2.05, 4.69) is 42.1 Å². The van der Waals surface area contributed by atoms with Crippen molar-refractivity contribution in [3.8, 4) is 0 Å². The Morgan fingerprint density at radius 3 is 2.32 bits per heavy atom. The van der Waals surface area contributed by atoms with Gasteiger partial charge in [-0.3, -0.25) is 15.6 Å². The van der Waals surface area contributed by atoms with Crippen LogP contribution in [0.3, 0.4) is 0 Å². The second kappa shape index (κ2) is 9.76. The van der Waals surface area contributed by atoms with Crippen LogP contribution in [0.25, 0.3) is 0 Å². The zero-order chi connectivity index (χ0) is 18.2. The van der Waals surface area contributed by atoms with Gasteiger partial charge in [0.15, 0.2) is 5.11 Å². The molecular formula is C20H31N3OS. The van der Waals surface area contributed by atoms with Gasteiger partial charge in [0, 0.05) is 6.04 Å². The number of carbonyl (C=O) groups excluding carboxylic acids is 1. The smallest absolute Gasteiger partial charge is 0.245 e. The van der Waals surface area contributed by atoms with Crippen LogP contribution in [0.4, 0.5) is 0 Å². The summed E-state index contributed by atoms with van der Waals surface area (Å²) in [5.41, 5.74) is 7.88. The molecule has 2 rings (SSSR count). The highest BCUT2D eigenvalue weighted by molar-refractivity contribution is 7.80. The summed E-state index contributed by atoms with van der Waals surface area (Å²) in [5, 5.41) is 3.78. The number of hydrazine groups is 1. The van der Waals surface area contributed by atoms with Gasteiger partial charge in [-0.25, -0.2) is 0 Å². The molecule has 0 aliphatic heterocycles. The summed E-state index contributed by atoms with van der Waals surface area (Å²) in [6.45, 7) is 6.33. The molecule has 25 heavy (non-hydrogen) atoms. The number of hydrogen-bond donors (Lipinski definition) is 3. The quantitative estimate of drug-likeness (QED) is 0.551. The van der Waals surface area contributed by atoms with E-state index in [9.17, 15) is 4.79 Å². The number of rotatable bonds is 5. The maximum absolute atomic E-state index is 12.3. The Bertz CT molecular complexity index is 565. The van der Waals surface area contributed by atoms with Crippen molar-refractivity contribution in [1.29, 1.82) is 0 Å². The van der Waals surface area contributed by atoms with Gasteiger partial charge in [-0.05, 0) is 55.4 Å². The van der Waals surface area contributed by atoms with Gasteiger partial charge in [0.1, 0.15) is 0 Å².